The number of halogens is 1. The highest BCUT2D eigenvalue weighted by Gasteiger charge is 2.09. The van der Waals surface area contributed by atoms with Crippen LogP contribution in [-0.2, 0) is 12.4 Å². The fraction of sp³-hybridized carbons (Fsp3) is 0.312. The van der Waals surface area contributed by atoms with Gasteiger partial charge in [-0.25, -0.2) is 0 Å². The summed E-state index contributed by atoms with van der Waals surface area (Å²) in [5, 5.41) is 3.36. The number of benzene rings is 1. The Morgan fingerprint density at radius 3 is 2.50 bits per heavy atom. The Kier molecular flexibility index (Phi) is 4.85. The highest BCUT2D eigenvalue weighted by molar-refractivity contribution is 6.17. The molecule has 1 aromatic heterocycles. The van der Waals surface area contributed by atoms with Gasteiger partial charge in [0.25, 0.3) is 0 Å². The van der Waals surface area contributed by atoms with Crippen molar-refractivity contribution in [2.75, 3.05) is 12.4 Å². The van der Waals surface area contributed by atoms with Gasteiger partial charge in [0.15, 0.2) is 0 Å². The Bertz CT molecular complexity index is 582. The molecule has 0 saturated heterocycles. The molecule has 3 nitrogen and oxygen atoms in total. The molecule has 1 heterocycles. The van der Waals surface area contributed by atoms with Crippen LogP contribution < -0.4 is 10.1 Å². The van der Waals surface area contributed by atoms with Crippen molar-refractivity contribution in [3.63, 3.8) is 0 Å². The predicted octanol–water partition coefficient (Wildman–Crippen LogP) is 4.06. The van der Waals surface area contributed by atoms with Crippen molar-refractivity contribution in [3.05, 3.63) is 52.8 Å². The third-order valence-corrected chi connectivity index (χ3v) is 3.63. The average Bonchev–Trinajstić information content (AvgIpc) is 2.47. The van der Waals surface area contributed by atoms with E-state index in [0.717, 1.165) is 33.8 Å². The lowest BCUT2D eigenvalue weighted by Gasteiger charge is -2.13. The molecule has 1 N–H and O–H groups in total. The van der Waals surface area contributed by atoms with Crippen molar-refractivity contribution in [1.82, 2.24) is 4.98 Å². The summed E-state index contributed by atoms with van der Waals surface area (Å²) < 4.78 is 5.42. The molecular weight excluding hydrogens is 272 g/mol. The van der Waals surface area contributed by atoms with Crippen LogP contribution in [0.5, 0.6) is 5.75 Å². The number of anilines is 1. The second kappa shape index (κ2) is 6.62. The highest BCUT2D eigenvalue weighted by atomic mass is 35.5. The molecule has 4 heteroatoms. The number of ether oxygens (including phenoxy) is 1. The Morgan fingerprint density at radius 1 is 1.20 bits per heavy atom. The van der Waals surface area contributed by atoms with Crippen LogP contribution in [0.1, 0.15) is 22.4 Å². The molecule has 2 rings (SSSR count). The van der Waals surface area contributed by atoms with E-state index in [4.69, 9.17) is 16.3 Å². The van der Waals surface area contributed by atoms with E-state index < -0.39 is 0 Å². The first kappa shape index (κ1) is 14.7. The number of hydrogen-bond donors (Lipinski definition) is 1. The van der Waals surface area contributed by atoms with Crippen molar-refractivity contribution in [2.45, 2.75) is 26.3 Å². The van der Waals surface area contributed by atoms with E-state index in [2.05, 4.69) is 10.3 Å². The van der Waals surface area contributed by atoms with Gasteiger partial charge < -0.3 is 10.1 Å². The van der Waals surface area contributed by atoms with Crippen molar-refractivity contribution >= 4 is 17.3 Å². The van der Waals surface area contributed by atoms with E-state index in [-0.39, 0.29) is 0 Å². The SMILES string of the molecule is COc1c(C)cnc(CNc2ccc(CCl)cc2)c1C. The van der Waals surface area contributed by atoms with Gasteiger partial charge in [0.1, 0.15) is 5.75 Å². The lowest BCUT2D eigenvalue weighted by Crippen LogP contribution is -2.06. The number of hydrogen-bond acceptors (Lipinski definition) is 3. The summed E-state index contributed by atoms with van der Waals surface area (Å²) in [4.78, 5) is 4.47. The molecule has 0 aliphatic carbocycles. The summed E-state index contributed by atoms with van der Waals surface area (Å²) in [5.74, 6) is 1.45. The third kappa shape index (κ3) is 3.23. The lowest BCUT2D eigenvalue weighted by atomic mass is 10.1. The van der Waals surface area contributed by atoms with Gasteiger partial charge in [0.05, 0.1) is 19.3 Å². The predicted molar refractivity (Wildman–Crippen MR) is 83.6 cm³/mol. The normalized spacial score (nSPS) is 10.4. The highest BCUT2D eigenvalue weighted by Crippen LogP contribution is 2.24. The van der Waals surface area contributed by atoms with Crippen LogP contribution in [0.3, 0.4) is 0 Å². The Labute approximate surface area is 124 Å². The molecule has 0 aliphatic heterocycles. The number of methoxy groups -OCH3 is 1. The van der Waals surface area contributed by atoms with Crippen LogP contribution >= 0.6 is 11.6 Å². The second-order valence-electron chi connectivity index (χ2n) is 4.73. The van der Waals surface area contributed by atoms with E-state index >= 15 is 0 Å². The zero-order valence-electron chi connectivity index (χ0n) is 12.0. The first-order valence-electron chi connectivity index (χ1n) is 6.53. The summed E-state index contributed by atoms with van der Waals surface area (Å²) in [6.07, 6.45) is 1.85. The van der Waals surface area contributed by atoms with E-state index in [9.17, 15) is 0 Å². The van der Waals surface area contributed by atoms with Gasteiger partial charge in [0, 0.05) is 28.9 Å². The van der Waals surface area contributed by atoms with Gasteiger partial charge in [-0.3, -0.25) is 4.98 Å². The van der Waals surface area contributed by atoms with E-state index in [1.165, 1.54) is 0 Å². The molecule has 0 amide bonds. The summed E-state index contributed by atoms with van der Waals surface area (Å²) in [6, 6.07) is 8.09. The molecule has 106 valence electrons. The number of rotatable bonds is 5. The van der Waals surface area contributed by atoms with Crippen LogP contribution in [0, 0.1) is 13.8 Å². The second-order valence-corrected chi connectivity index (χ2v) is 5.00. The molecule has 20 heavy (non-hydrogen) atoms. The number of aromatic nitrogens is 1. The molecule has 2 aromatic rings. The van der Waals surface area contributed by atoms with Crippen LogP contribution in [0.4, 0.5) is 5.69 Å². The fourth-order valence-electron chi connectivity index (χ4n) is 2.15. The number of pyridine rings is 1. The maximum atomic E-state index is 5.78. The van der Waals surface area contributed by atoms with Crippen LogP contribution in [0.15, 0.2) is 30.5 Å². The fourth-order valence-corrected chi connectivity index (χ4v) is 2.32. The van der Waals surface area contributed by atoms with E-state index in [1.54, 1.807) is 7.11 Å². The first-order valence-corrected chi connectivity index (χ1v) is 7.07. The van der Waals surface area contributed by atoms with Gasteiger partial charge >= 0.3 is 0 Å². The molecule has 0 fully saturated rings. The van der Waals surface area contributed by atoms with Crippen molar-refractivity contribution in [2.24, 2.45) is 0 Å². The maximum absolute atomic E-state index is 5.78. The first-order chi connectivity index (χ1) is 9.65. The van der Waals surface area contributed by atoms with Crippen LogP contribution in [-0.4, -0.2) is 12.1 Å². The quantitative estimate of drug-likeness (QED) is 0.843. The summed E-state index contributed by atoms with van der Waals surface area (Å²) in [7, 11) is 1.69. The Morgan fingerprint density at radius 2 is 1.90 bits per heavy atom. The van der Waals surface area contributed by atoms with Gasteiger partial charge in [-0.1, -0.05) is 12.1 Å². The molecule has 0 bridgehead atoms. The number of alkyl halides is 1. The molecular formula is C16H19ClN2O. The minimum absolute atomic E-state index is 0.538. The lowest BCUT2D eigenvalue weighted by molar-refractivity contribution is 0.407. The number of nitrogens with zero attached hydrogens (tertiary/aromatic N) is 1. The van der Waals surface area contributed by atoms with Gasteiger partial charge in [-0.15, -0.1) is 11.6 Å². The molecule has 1 aromatic carbocycles. The zero-order chi connectivity index (χ0) is 14.5. The summed E-state index contributed by atoms with van der Waals surface area (Å²) in [6.45, 7) is 4.70. The number of aryl methyl sites for hydroxylation is 1. The molecule has 0 spiro atoms. The third-order valence-electron chi connectivity index (χ3n) is 3.32. The molecule has 0 unspecified atom stereocenters. The molecule has 0 radical (unpaired) electrons. The summed E-state index contributed by atoms with van der Waals surface area (Å²) in [5.41, 5.74) is 5.30. The van der Waals surface area contributed by atoms with E-state index in [1.807, 2.05) is 44.3 Å². The monoisotopic (exact) mass is 290 g/mol. The molecule has 0 atom stereocenters. The Balaban J connectivity index is 2.10. The van der Waals surface area contributed by atoms with Crippen molar-refractivity contribution < 1.29 is 4.74 Å². The Hall–Kier alpha value is -1.74. The van der Waals surface area contributed by atoms with Crippen LogP contribution in [0.2, 0.25) is 0 Å². The molecule has 0 saturated carbocycles. The average molecular weight is 291 g/mol. The minimum Gasteiger partial charge on any atom is -0.496 e. The largest absolute Gasteiger partial charge is 0.496 e. The topological polar surface area (TPSA) is 34.1 Å². The van der Waals surface area contributed by atoms with Crippen LogP contribution in [0.25, 0.3) is 0 Å². The van der Waals surface area contributed by atoms with Gasteiger partial charge in [-0.2, -0.15) is 0 Å². The van der Waals surface area contributed by atoms with Crippen molar-refractivity contribution in [1.29, 1.82) is 0 Å². The smallest absolute Gasteiger partial charge is 0.128 e. The standard InChI is InChI=1S/C16H19ClN2O/c1-11-9-19-15(12(2)16(11)20-3)10-18-14-6-4-13(8-17)5-7-14/h4-7,9,18H,8,10H2,1-3H3. The van der Waals surface area contributed by atoms with E-state index in [0.29, 0.717) is 12.4 Å². The molecule has 0 aliphatic rings. The summed E-state index contributed by atoms with van der Waals surface area (Å²) >= 11 is 5.78. The zero-order valence-corrected chi connectivity index (χ0v) is 12.8. The maximum Gasteiger partial charge on any atom is 0.128 e. The van der Waals surface area contributed by atoms with Crippen molar-refractivity contribution in [3.8, 4) is 5.75 Å². The minimum atomic E-state index is 0.538. The number of nitrogens with one attached hydrogen (secondary N) is 1. The van der Waals surface area contributed by atoms with Gasteiger partial charge in [-0.05, 0) is 31.5 Å². The van der Waals surface area contributed by atoms with Gasteiger partial charge in [0.2, 0.25) is 0 Å².